The minimum atomic E-state index is -0.327. The van der Waals surface area contributed by atoms with Gasteiger partial charge >= 0.3 is 6.03 Å². The Hall–Kier alpha value is -2.84. The van der Waals surface area contributed by atoms with E-state index in [1.807, 2.05) is 4.90 Å². The van der Waals surface area contributed by atoms with Crippen molar-refractivity contribution in [3.05, 3.63) is 71.3 Å². The Morgan fingerprint density at radius 1 is 0.867 bits per heavy atom. The SMILES string of the molecule is O=C(CN1CCN(C(c2ccc(F)cc2)c2ccc(F)cc2)CC1)N1CCNC1=O. The molecule has 2 aliphatic heterocycles. The first-order valence-electron chi connectivity index (χ1n) is 10.1. The van der Waals surface area contributed by atoms with E-state index in [1.54, 1.807) is 24.3 Å². The Bertz CT molecular complexity index is 851. The number of urea groups is 1. The lowest BCUT2D eigenvalue weighted by Gasteiger charge is -2.39. The highest BCUT2D eigenvalue weighted by Crippen LogP contribution is 2.30. The van der Waals surface area contributed by atoms with Crippen molar-refractivity contribution < 1.29 is 18.4 Å². The summed E-state index contributed by atoms with van der Waals surface area (Å²) in [7, 11) is 0. The fourth-order valence-electron chi connectivity index (χ4n) is 4.07. The number of carbonyl (C=O) groups is 2. The number of benzene rings is 2. The van der Waals surface area contributed by atoms with Crippen LogP contribution in [0.25, 0.3) is 0 Å². The van der Waals surface area contributed by atoms with E-state index in [1.165, 1.54) is 29.2 Å². The van der Waals surface area contributed by atoms with Crippen molar-refractivity contribution in [2.24, 2.45) is 0 Å². The third-order valence-electron chi connectivity index (χ3n) is 5.66. The van der Waals surface area contributed by atoms with E-state index >= 15 is 0 Å². The summed E-state index contributed by atoms with van der Waals surface area (Å²) in [4.78, 5) is 29.6. The minimum absolute atomic E-state index is 0.131. The van der Waals surface area contributed by atoms with Crippen molar-refractivity contribution in [3.8, 4) is 0 Å². The van der Waals surface area contributed by atoms with E-state index in [-0.39, 0.29) is 36.2 Å². The van der Waals surface area contributed by atoms with Crippen LogP contribution in [0.1, 0.15) is 17.2 Å². The number of carbonyl (C=O) groups excluding carboxylic acids is 2. The van der Waals surface area contributed by atoms with Crippen LogP contribution in [-0.4, -0.2) is 72.5 Å². The lowest BCUT2D eigenvalue weighted by atomic mass is 9.96. The van der Waals surface area contributed by atoms with Crippen molar-refractivity contribution in [1.29, 1.82) is 0 Å². The van der Waals surface area contributed by atoms with Gasteiger partial charge in [-0.05, 0) is 35.4 Å². The lowest BCUT2D eigenvalue weighted by Crippen LogP contribution is -2.51. The number of hydrogen-bond donors (Lipinski definition) is 1. The second-order valence-corrected chi connectivity index (χ2v) is 7.60. The van der Waals surface area contributed by atoms with Crippen molar-refractivity contribution in [3.63, 3.8) is 0 Å². The Morgan fingerprint density at radius 3 is 1.87 bits per heavy atom. The summed E-state index contributed by atoms with van der Waals surface area (Å²) in [6.45, 7) is 3.83. The van der Waals surface area contributed by atoms with Gasteiger partial charge in [0, 0.05) is 39.3 Å². The van der Waals surface area contributed by atoms with Crippen LogP contribution in [0.5, 0.6) is 0 Å². The molecule has 8 heteroatoms. The summed E-state index contributed by atoms with van der Waals surface area (Å²) < 4.78 is 26.9. The quantitative estimate of drug-likeness (QED) is 0.815. The lowest BCUT2D eigenvalue weighted by molar-refractivity contribution is -0.129. The van der Waals surface area contributed by atoms with Gasteiger partial charge in [0.2, 0.25) is 5.91 Å². The van der Waals surface area contributed by atoms with Gasteiger partial charge in [-0.3, -0.25) is 19.5 Å². The molecule has 30 heavy (non-hydrogen) atoms. The molecule has 6 nitrogen and oxygen atoms in total. The van der Waals surface area contributed by atoms with Crippen LogP contribution in [0.2, 0.25) is 0 Å². The third-order valence-corrected chi connectivity index (χ3v) is 5.66. The van der Waals surface area contributed by atoms with E-state index in [9.17, 15) is 18.4 Å². The van der Waals surface area contributed by atoms with Gasteiger partial charge in [-0.15, -0.1) is 0 Å². The van der Waals surface area contributed by atoms with Gasteiger partial charge in [-0.2, -0.15) is 0 Å². The van der Waals surface area contributed by atoms with Crippen molar-refractivity contribution in [2.75, 3.05) is 45.8 Å². The molecule has 2 fully saturated rings. The van der Waals surface area contributed by atoms with Gasteiger partial charge in [0.1, 0.15) is 11.6 Å². The Balaban J connectivity index is 1.45. The molecule has 0 spiro atoms. The number of piperazine rings is 1. The molecule has 1 N–H and O–H groups in total. The number of hydrogen-bond acceptors (Lipinski definition) is 4. The summed E-state index contributed by atoms with van der Waals surface area (Å²) in [6.07, 6.45) is 0. The average Bonchev–Trinajstić information content (AvgIpc) is 3.18. The van der Waals surface area contributed by atoms with Crippen LogP contribution in [-0.2, 0) is 4.79 Å². The van der Waals surface area contributed by atoms with Crippen molar-refractivity contribution >= 4 is 11.9 Å². The van der Waals surface area contributed by atoms with Crippen molar-refractivity contribution in [2.45, 2.75) is 6.04 Å². The Morgan fingerprint density at radius 2 is 1.40 bits per heavy atom. The van der Waals surface area contributed by atoms with Gasteiger partial charge < -0.3 is 5.32 Å². The van der Waals surface area contributed by atoms with Crippen LogP contribution < -0.4 is 5.32 Å². The number of rotatable bonds is 5. The third kappa shape index (κ3) is 4.49. The molecule has 0 aromatic heterocycles. The number of amides is 3. The standard InChI is InChI=1S/C22H24F2N4O2/c23-18-5-1-16(2-6-18)21(17-3-7-19(24)8-4-17)27-13-11-26(12-14-27)15-20(29)28-10-9-25-22(28)30/h1-8,21H,9-15H2,(H,25,30). The molecule has 2 aromatic rings. The fourth-order valence-corrected chi connectivity index (χ4v) is 4.07. The molecule has 4 rings (SSSR count). The first kappa shape index (κ1) is 20.4. The van der Waals surface area contributed by atoms with E-state index < -0.39 is 0 Å². The van der Waals surface area contributed by atoms with Crippen LogP contribution in [0, 0.1) is 11.6 Å². The molecule has 2 aromatic carbocycles. The van der Waals surface area contributed by atoms with E-state index in [4.69, 9.17) is 0 Å². The first-order chi connectivity index (χ1) is 14.5. The van der Waals surface area contributed by atoms with Crippen LogP contribution in [0.3, 0.4) is 0 Å². The molecule has 0 radical (unpaired) electrons. The highest BCUT2D eigenvalue weighted by molar-refractivity contribution is 5.96. The topological polar surface area (TPSA) is 55.9 Å². The maximum Gasteiger partial charge on any atom is 0.324 e. The summed E-state index contributed by atoms with van der Waals surface area (Å²) >= 11 is 0. The number of halogens is 2. The predicted octanol–water partition coefficient (Wildman–Crippen LogP) is 2.22. The molecule has 0 unspecified atom stereocenters. The second kappa shape index (κ2) is 8.89. The monoisotopic (exact) mass is 414 g/mol. The molecule has 2 aliphatic rings. The van der Waals surface area contributed by atoms with Crippen LogP contribution >= 0.6 is 0 Å². The number of nitrogens with zero attached hydrogens (tertiary/aromatic N) is 3. The zero-order chi connectivity index (χ0) is 21.1. The largest absolute Gasteiger partial charge is 0.336 e. The predicted molar refractivity (Wildman–Crippen MR) is 108 cm³/mol. The molecular formula is C22H24F2N4O2. The van der Waals surface area contributed by atoms with E-state index in [2.05, 4.69) is 10.2 Å². The number of imide groups is 1. The maximum atomic E-state index is 13.4. The highest BCUT2D eigenvalue weighted by Gasteiger charge is 2.30. The first-order valence-corrected chi connectivity index (χ1v) is 10.1. The molecule has 0 bridgehead atoms. The second-order valence-electron chi connectivity index (χ2n) is 7.60. The summed E-state index contributed by atoms with van der Waals surface area (Å²) in [6, 6.07) is 12.3. The highest BCUT2D eigenvalue weighted by atomic mass is 19.1. The van der Waals surface area contributed by atoms with Crippen molar-refractivity contribution in [1.82, 2.24) is 20.0 Å². The number of nitrogens with one attached hydrogen (secondary N) is 1. The van der Waals surface area contributed by atoms with E-state index in [0.717, 1.165) is 11.1 Å². The molecule has 0 atom stereocenters. The zero-order valence-electron chi connectivity index (χ0n) is 16.6. The smallest absolute Gasteiger partial charge is 0.324 e. The average molecular weight is 414 g/mol. The minimum Gasteiger partial charge on any atom is -0.336 e. The van der Waals surface area contributed by atoms with Gasteiger partial charge in [0.05, 0.1) is 12.6 Å². The van der Waals surface area contributed by atoms with E-state index in [0.29, 0.717) is 39.3 Å². The molecular weight excluding hydrogens is 390 g/mol. The van der Waals surface area contributed by atoms with Crippen LogP contribution in [0.15, 0.2) is 48.5 Å². The Labute approximate surface area is 174 Å². The summed E-state index contributed by atoms with van der Waals surface area (Å²) in [5.41, 5.74) is 1.86. The molecule has 3 amide bonds. The van der Waals surface area contributed by atoms with Gasteiger partial charge in [0.25, 0.3) is 0 Å². The van der Waals surface area contributed by atoms with Gasteiger partial charge in [0.15, 0.2) is 0 Å². The molecule has 2 heterocycles. The summed E-state index contributed by atoms with van der Waals surface area (Å²) in [5.74, 6) is -0.788. The Kier molecular flexibility index (Phi) is 6.06. The zero-order valence-corrected chi connectivity index (χ0v) is 16.6. The summed E-state index contributed by atoms with van der Waals surface area (Å²) in [5, 5.41) is 2.64. The molecule has 0 saturated carbocycles. The molecule has 158 valence electrons. The fraction of sp³-hybridized carbons (Fsp3) is 0.364. The van der Waals surface area contributed by atoms with Crippen LogP contribution in [0.4, 0.5) is 13.6 Å². The van der Waals surface area contributed by atoms with Gasteiger partial charge in [-0.1, -0.05) is 24.3 Å². The van der Waals surface area contributed by atoms with Gasteiger partial charge in [-0.25, -0.2) is 13.6 Å². The molecule has 0 aliphatic carbocycles. The normalized spacial score (nSPS) is 18.1. The maximum absolute atomic E-state index is 13.4. The molecule has 2 saturated heterocycles.